The summed E-state index contributed by atoms with van der Waals surface area (Å²) in [6.45, 7) is 1.05. The standard InChI is InChI=1S/C16H17N3O/c20-15-5-1-4-14-16(15)19(10-18-14)12-6-7-13-11(9-12)3-2-8-17-13/h6-7,9-10,17H,1-5,8H2. The minimum absolute atomic E-state index is 0.222. The fourth-order valence-corrected chi connectivity index (χ4v) is 3.21. The number of aryl methyl sites for hydroxylation is 2. The maximum atomic E-state index is 12.2. The number of imidazole rings is 1. The first kappa shape index (κ1) is 11.7. The van der Waals surface area contributed by atoms with E-state index in [0.29, 0.717) is 6.42 Å². The van der Waals surface area contributed by atoms with E-state index in [1.54, 1.807) is 6.33 Å². The van der Waals surface area contributed by atoms with Gasteiger partial charge >= 0.3 is 0 Å². The summed E-state index contributed by atoms with van der Waals surface area (Å²) in [7, 11) is 0. The summed E-state index contributed by atoms with van der Waals surface area (Å²) in [5, 5.41) is 3.41. The van der Waals surface area contributed by atoms with E-state index >= 15 is 0 Å². The van der Waals surface area contributed by atoms with Crippen LogP contribution in [0.2, 0.25) is 0 Å². The third-order valence-electron chi connectivity index (χ3n) is 4.23. The van der Waals surface area contributed by atoms with Crippen molar-refractivity contribution in [3.63, 3.8) is 0 Å². The smallest absolute Gasteiger partial charge is 0.181 e. The Kier molecular flexibility index (Phi) is 2.62. The number of carbonyl (C=O) groups excluding carboxylic acids is 1. The molecule has 2 heterocycles. The number of hydrogen-bond donors (Lipinski definition) is 1. The Morgan fingerprint density at radius 3 is 3.05 bits per heavy atom. The average Bonchev–Trinajstić information content (AvgIpc) is 2.92. The number of anilines is 1. The number of aromatic nitrogens is 2. The predicted molar refractivity (Wildman–Crippen MR) is 77.6 cm³/mol. The second-order valence-corrected chi connectivity index (χ2v) is 5.56. The number of carbonyl (C=O) groups is 1. The molecule has 2 aliphatic rings. The maximum Gasteiger partial charge on any atom is 0.181 e. The van der Waals surface area contributed by atoms with Crippen LogP contribution in [0.4, 0.5) is 5.69 Å². The van der Waals surface area contributed by atoms with Crippen LogP contribution in [0.3, 0.4) is 0 Å². The zero-order valence-corrected chi connectivity index (χ0v) is 11.4. The zero-order valence-electron chi connectivity index (χ0n) is 11.4. The Labute approximate surface area is 117 Å². The Hall–Kier alpha value is -2.10. The van der Waals surface area contributed by atoms with E-state index in [1.807, 2.05) is 4.57 Å². The highest BCUT2D eigenvalue weighted by atomic mass is 16.1. The molecule has 2 aromatic rings. The molecule has 0 bridgehead atoms. The van der Waals surface area contributed by atoms with Crippen LogP contribution < -0.4 is 5.32 Å². The molecule has 1 N–H and O–H groups in total. The summed E-state index contributed by atoms with van der Waals surface area (Å²) in [5.74, 6) is 0.222. The lowest BCUT2D eigenvalue weighted by molar-refractivity contribution is 0.0965. The minimum Gasteiger partial charge on any atom is -0.385 e. The Morgan fingerprint density at radius 2 is 2.10 bits per heavy atom. The fraction of sp³-hybridized carbons (Fsp3) is 0.375. The lowest BCUT2D eigenvalue weighted by Gasteiger charge is -2.19. The largest absolute Gasteiger partial charge is 0.385 e. The van der Waals surface area contributed by atoms with Gasteiger partial charge in [0.05, 0.1) is 5.69 Å². The molecule has 0 radical (unpaired) electrons. The summed E-state index contributed by atoms with van der Waals surface area (Å²) in [6, 6.07) is 6.37. The quantitative estimate of drug-likeness (QED) is 0.864. The van der Waals surface area contributed by atoms with E-state index in [1.165, 1.54) is 11.3 Å². The van der Waals surface area contributed by atoms with Crippen LogP contribution in [0, 0.1) is 0 Å². The molecule has 0 unspecified atom stereocenters. The Balaban J connectivity index is 1.82. The molecule has 4 nitrogen and oxygen atoms in total. The molecule has 4 rings (SSSR count). The van der Waals surface area contributed by atoms with E-state index in [2.05, 4.69) is 28.5 Å². The highest BCUT2D eigenvalue weighted by Gasteiger charge is 2.23. The molecule has 1 aliphatic heterocycles. The number of fused-ring (bicyclic) bond motifs is 2. The van der Waals surface area contributed by atoms with Crippen LogP contribution in [0.1, 0.15) is 41.0 Å². The van der Waals surface area contributed by atoms with Gasteiger partial charge < -0.3 is 5.32 Å². The van der Waals surface area contributed by atoms with Gasteiger partial charge in [-0.05, 0) is 49.4 Å². The number of hydrogen-bond acceptors (Lipinski definition) is 3. The first-order valence-corrected chi connectivity index (χ1v) is 7.29. The lowest BCUT2D eigenvalue weighted by Crippen LogP contribution is -2.15. The van der Waals surface area contributed by atoms with Gasteiger partial charge in [0.1, 0.15) is 12.0 Å². The van der Waals surface area contributed by atoms with Gasteiger partial charge in [0.2, 0.25) is 0 Å². The number of nitrogens with zero attached hydrogens (tertiary/aromatic N) is 2. The molecule has 0 saturated heterocycles. The number of Topliss-reactive ketones (excluding diaryl/α,β-unsaturated/α-hetero) is 1. The molecule has 1 aromatic heterocycles. The van der Waals surface area contributed by atoms with Crippen molar-refractivity contribution in [3.05, 3.63) is 41.5 Å². The van der Waals surface area contributed by atoms with Crippen molar-refractivity contribution in [2.24, 2.45) is 0 Å². The fourth-order valence-electron chi connectivity index (χ4n) is 3.21. The highest BCUT2D eigenvalue weighted by Crippen LogP contribution is 2.27. The average molecular weight is 267 g/mol. The van der Waals surface area contributed by atoms with E-state index in [0.717, 1.165) is 49.3 Å². The van der Waals surface area contributed by atoms with Crippen molar-refractivity contribution in [1.82, 2.24) is 9.55 Å². The number of nitrogens with one attached hydrogen (secondary N) is 1. The van der Waals surface area contributed by atoms with Crippen molar-refractivity contribution in [3.8, 4) is 5.69 Å². The molecule has 0 atom stereocenters. The van der Waals surface area contributed by atoms with Gasteiger partial charge in [0, 0.05) is 24.3 Å². The van der Waals surface area contributed by atoms with Crippen molar-refractivity contribution in [2.75, 3.05) is 11.9 Å². The van der Waals surface area contributed by atoms with Crippen molar-refractivity contribution < 1.29 is 4.79 Å². The van der Waals surface area contributed by atoms with Gasteiger partial charge in [0.15, 0.2) is 5.78 Å². The summed E-state index contributed by atoms with van der Waals surface area (Å²) < 4.78 is 1.96. The van der Waals surface area contributed by atoms with Crippen molar-refractivity contribution in [1.29, 1.82) is 0 Å². The van der Waals surface area contributed by atoms with Crippen LogP contribution in [0.15, 0.2) is 24.5 Å². The normalized spacial score (nSPS) is 17.3. The molecule has 0 saturated carbocycles. The summed E-state index contributed by atoms with van der Waals surface area (Å²) >= 11 is 0. The lowest BCUT2D eigenvalue weighted by atomic mass is 9.99. The summed E-state index contributed by atoms with van der Waals surface area (Å²) in [4.78, 5) is 16.6. The molecule has 0 spiro atoms. The van der Waals surface area contributed by atoms with E-state index in [9.17, 15) is 4.79 Å². The van der Waals surface area contributed by atoms with Gasteiger partial charge in [0.25, 0.3) is 0 Å². The second kappa shape index (κ2) is 4.47. The van der Waals surface area contributed by atoms with Gasteiger partial charge in [-0.25, -0.2) is 4.98 Å². The van der Waals surface area contributed by atoms with Gasteiger partial charge in [-0.15, -0.1) is 0 Å². The molecule has 102 valence electrons. The van der Waals surface area contributed by atoms with Crippen LogP contribution in [-0.2, 0) is 12.8 Å². The summed E-state index contributed by atoms with van der Waals surface area (Å²) in [6.07, 6.45) is 6.55. The summed E-state index contributed by atoms with van der Waals surface area (Å²) in [5.41, 5.74) is 5.35. The second-order valence-electron chi connectivity index (χ2n) is 5.56. The molecular weight excluding hydrogens is 250 g/mol. The van der Waals surface area contributed by atoms with Gasteiger partial charge in [-0.1, -0.05) is 0 Å². The van der Waals surface area contributed by atoms with Crippen molar-refractivity contribution in [2.45, 2.75) is 32.1 Å². The van der Waals surface area contributed by atoms with Crippen LogP contribution in [0.5, 0.6) is 0 Å². The highest BCUT2D eigenvalue weighted by molar-refractivity contribution is 5.97. The van der Waals surface area contributed by atoms with Gasteiger partial charge in [-0.3, -0.25) is 9.36 Å². The van der Waals surface area contributed by atoms with Gasteiger partial charge in [-0.2, -0.15) is 0 Å². The Morgan fingerprint density at radius 1 is 1.15 bits per heavy atom. The number of benzene rings is 1. The first-order valence-electron chi connectivity index (χ1n) is 7.29. The molecule has 0 fully saturated rings. The van der Waals surface area contributed by atoms with E-state index in [4.69, 9.17) is 0 Å². The molecule has 0 amide bonds. The van der Waals surface area contributed by atoms with Crippen LogP contribution in [0.25, 0.3) is 5.69 Å². The third-order valence-corrected chi connectivity index (χ3v) is 4.23. The SMILES string of the molecule is O=C1CCCc2ncn(-c3ccc4c(c3)CCCN4)c21. The van der Waals surface area contributed by atoms with E-state index in [-0.39, 0.29) is 5.78 Å². The Bertz CT molecular complexity index is 687. The number of ketones is 1. The maximum absolute atomic E-state index is 12.2. The third kappa shape index (κ3) is 1.75. The molecule has 1 aliphatic carbocycles. The zero-order chi connectivity index (χ0) is 13.5. The molecular formula is C16H17N3O. The minimum atomic E-state index is 0.222. The topological polar surface area (TPSA) is 46.9 Å². The van der Waals surface area contributed by atoms with Crippen LogP contribution >= 0.6 is 0 Å². The number of rotatable bonds is 1. The first-order chi connectivity index (χ1) is 9.83. The monoisotopic (exact) mass is 267 g/mol. The molecule has 20 heavy (non-hydrogen) atoms. The van der Waals surface area contributed by atoms with E-state index < -0.39 is 0 Å². The molecule has 1 aromatic carbocycles. The predicted octanol–water partition coefficient (Wildman–Crippen LogP) is 2.75. The van der Waals surface area contributed by atoms with Crippen LogP contribution in [-0.4, -0.2) is 21.9 Å². The molecule has 4 heteroatoms. The van der Waals surface area contributed by atoms with Crippen molar-refractivity contribution >= 4 is 11.5 Å².